The maximum absolute atomic E-state index is 13.6. The average molecular weight is 484 g/mol. The Kier molecular flexibility index (Phi) is 10.5. The lowest BCUT2D eigenvalue weighted by Gasteiger charge is -2.34. The van der Waals surface area contributed by atoms with Gasteiger partial charge >= 0.3 is 12.1 Å². The molecule has 2 rings (SSSR count). The first-order valence-corrected chi connectivity index (χ1v) is 11.2. The lowest BCUT2D eigenvalue weighted by molar-refractivity contribution is -0.145. The fraction of sp³-hybridized carbons (Fsp3) is 0.360. The molecule has 0 fully saturated rings. The molecule has 0 bridgehead atoms. The number of carbonyl (C=O) groups is 3. The lowest BCUT2D eigenvalue weighted by atomic mass is 9.85. The summed E-state index contributed by atoms with van der Waals surface area (Å²) in [6, 6.07) is 17.5. The van der Waals surface area contributed by atoms with Gasteiger partial charge in [-0.3, -0.25) is 9.79 Å². The fourth-order valence-electron chi connectivity index (χ4n) is 3.50. The maximum Gasteiger partial charge on any atom is 0.408 e. The third-order valence-corrected chi connectivity index (χ3v) is 5.30. The molecule has 2 atom stereocenters. The summed E-state index contributed by atoms with van der Waals surface area (Å²) in [6.45, 7) is 1.78. The molecule has 0 saturated heterocycles. The average Bonchev–Trinajstić information content (AvgIpc) is 2.85. The summed E-state index contributed by atoms with van der Waals surface area (Å²) >= 11 is 0. The Balaban J connectivity index is 2.32. The van der Waals surface area contributed by atoms with Gasteiger partial charge in [-0.15, -0.1) is 0 Å². The van der Waals surface area contributed by atoms with E-state index in [9.17, 15) is 14.4 Å². The highest BCUT2D eigenvalue weighted by atomic mass is 16.5. The highest BCUT2D eigenvalue weighted by Crippen LogP contribution is 2.22. The number of nitrogens with one attached hydrogen (secondary N) is 2. The van der Waals surface area contributed by atoms with Crippen molar-refractivity contribution < 1.29 is 23.9 Å². The van der Waals surface area contributed by atoms with E-state index in [2.05, 4.69) is 15.6 Å². The number of ether oxygens (including phenoxy) is 2. The van der Waals surface area contributed by atoms with Gasteiger partial charge in [0.05, 0.1) is 7.11 Å². The minimum Gasteiger partial charge on any atom is -0.467 e. The molecule has 10 nitrogen and oxygen atoms in total. The van der Waals surface area contributed by atoms with Crippen LogP contribution in [0.5, 0.6) is 0 Å². The van der Waals surface area contributed by atoms with Crippen LogP contribution in [-0.4, -0.2) is 49.2 Å². The van der Waals surface area contributed by atoms with Crippen LogP contribution < -0.4 is 22.1 Å². The molecule has 0 aliphatic carbocycles. The van der Waals surface area contributed by atoms with Gasteiger partial charge in [0, 0.05) is 13.0 Å². The Morgan fingerprint density at radius 1 is 1.00 bits per heavy atom. The Hall–Kier alpha value is -4.08. The van der Waals surface area contributed by atoms with E-state index < -0.39 is 29.6 Å². The van der Waals surface area contributed by atoms with Crippen LogP contribution in [-0.2, 0) is 32.1 Å². The van der Waals surface area contributed by atoms with Crippen molar-refractivity contribution in [1.82, 2.24) is 10.6 Å². The third kappa shape index (κ3) is 9.00. The fourth-order valence-corrected chi connectivity index (χ4v) is 3.50. The molecule has 0 aromatic heterocycles. The topological polar surface area (TPSA) is 158 Å². The summed E-state index contributed by atoms with van der Waals surface area (Å²) in [7, 11) is 1.23. The lowest BCUT2D eigenvalue weighted by Crippen LogP contribution is -2.62. The normalized spacial score (nSPS) is 13.0. The van der Waals surface area contributed by atoms with Crippen molar-refractivity contribution in [3.05, 3.63) is 71.8 Å². The van der Waals surface area contributed by atoms with Crippen LogP contribution in [0.3, 0.4) is 0 Å². The largest absolute Gasteiger partial charge is 0.467 e. The van der Waals surface area contributed by atoms with E-state index >= 15 is 0 Å². The molecule has 6 N–H and O–H groups in total. The van der Waals surface area contributed by atoms with E-state index in [1.54, 1.807) is 0 Å². The van der Waals surface area contributed by atoms with E-state index in [4.69, 9.17) is 20.9 Å². The Morgan fingerprint density at radius 2 is 1.60 bits per heavy atom. The zero-order chi connectivity index (χ0) is 25.7. The highest BCUT2D eigenvalue weighted by molar-refractivity contribution is 5.93. The second-order valence-corrected chi connectivity index (χ2v) is 8.06. The van der Waals surface area contributed by atoms with E-state index in [0.29, 0.717) is 6.42 Å². The molecule has 0 aliphatic heterocycles. The van der Waals surface area contributed by atoms with Crippen LogP contribution in [0.4, 0.5) is 4.79 Å². The first kappa shape index (κ1) is 27.2. The van der Waals surface area contributed by atoms with Crippen molar-refractivity contribution in [3.63, 3.8) is 0 Å². The van der Waals surface area contributed by atoms with E-state index in [1.807, 2.05) is 60.7 Å². The molecule has 188 valence electrons. The molecular weight excluding hydrogens is 450 g/mol. The molecule has 2 amide bonds. The zero-order valence-electron chi connectivity index (χ0n) is 20.0. The number of esters is 1. The number of guanidine groups is 1. The quantitative estimate of drug-likeness (QED) is 0.155. The minimum absolute atomic E-state index is 0.0300. The third-order valence-electron chi connectivity index (χ3n) is 5.30. The molecule has 0 heterocycles. The van der Waals surface area contributed by atoms with Gasteiger partial charge in [-0.25, -0.2) is 9.59 Å². The predicted octanol–water partition coefficient (Wildman–Crippen LogP) is 1.63. The van der Waals surface area contributed by atoms with Crippen molar-refractivity contribution in [1.29, 1.82) is 0 Å². The van der Waals surface area contributed by atoms with Crippen LogP contribution in [0.15, 0.2) is 65.7 Å². The Labute approximate surface area is 205 Å². The van der Waals surface area contributed by atoms with Crippen molar-refractivity contribution in [3.8, 4) is 0 Å². The van der Waals surface area contributed by atoms with Crippen LogP contribution in [0.1, 0.15) is 30.9 Å². The molecule has 2 aromatic carbocycles. The van der Waals surface area contributed by atoms with Gasteiger partial charge in [0.15, 0.2) is 5.96 Å². The summed E-state index contributed by atoms with van der Waals surface area (Å²) < 4.78 is 10.1. The van der Waals surface area contributed by atoms with Gasteiger partial charge in [-0.1, -0.05) is 60.7 Å². The number of rotatable bonds is 12. The smallest absolute Gasteiger partial charge is 0.408 e. The second-order valence-electron chi connectivity index (χ2n) is 8.06. The molecule has 2 aromatic rings. The van der Waals surface area contributed by atoms with Gasteiger partial charge < -0.3 is 31.6 Å². The number of amides is 2. The summed E-state index contributed by atoms with van der Waals surface area (Å²) in [6.07, 6.45) is -0.0641. The number of benzene rings is 2. The van der Waals surface area contributed by atoms with Crippen LogP contribution in [0.2, 0.25) is 0 Å². The van der Waals surface area contributed by atoms with Gasteiger partial charge in [0.25, 0.3) is 0 Å². The Morgan fingerprint density at radius 3 is 2.17 bits per heavy atom. The van der Waals surface area contributed by atoms with Gasteiger partial charge in [0.1, 0.15) is 18.2 Å². The van der Waals surface area contributed by atoms with Crippen molar-refractivity contribution in [2.75, 3.05) is 13.7 Å². The number of hydrogen-bond acceptors (Lipinski definition) is 6. The van der Waals surface area contributed by atoms with Gasteiger partial charge in [-0.05, 0) is 30.9 Å². The first-order chi connectivity index (χ1) is 16.8. The number of aliphatic imine (C=N–C) groups is 1. The van der Waals surface area contributed by atoms with E-state index in [-0.39, 0.29) is 32.0 Å². The first-order valence-electron chi connectivity index (χ1n) is 11.2. The number of methoxy groups -OCH3 is 1. The highest BCUT2D eigenvalue weighted by Gasteiger charge is 2.41. The molecule has 0 spiro atoms. The van der Waals surface area contributed by atoms with E-state index in [1.165, 1.54) is 14.0 Å². The number of nitrogens with zero attached hydrogens (tertiary/aromatic N) is 1. The van der Waals surface area contributed by atoms with Crippen molar-refractivity contribution >= 4 is 23.9 Å². The van der Waals surface area contributed by atoms with Crippen molar-refractivity contribution in [2.45, 2.75) is 44.4 Å². The molecule has 0 radical (unpaired) electrons. The zero-order valence-corrected chi connectivity index (χ0v) is 20.0. The van der Waals surface area contributed by atoms with Crippen molar-refractivity contribution in [2.24, 2.45) is 16.5 Å². The minimum atomic E-state index is -1.45. The standard InChI is InChI=1S/C25H33N5O5/c1-18(21(31)34-2)29-22(32)25(14-9-15-28-23(26)27,16-19-10-5-3-6-11-19)30-24(33)35-17-20-12-7-4-8-13-20/h3-8,10-13,18H,9,14-17H2,1-2H3,(H,29,32)(H,30,33)(H4,26,27,28)/t18-,25-/m0/s1. The van der Waals surface area contributed by atoms with Gasteiger partial charge in [-0.2, -0.15) is 0 Å². The number of nitrogens with two attached hydrogens (primary N) is 2. The van der Waals surface area contributed by atoms with E-state index in [0.717, 1.165) is 11.1 Å². The maximum atomic E-state index is 13.6. The summed E-state index contributed by atoms with van der Waals surface area (Å²) in [5.41, 5.74) is 11.0. The summed E-state index contributed by atoms with van der Waals surface area (Å²) in [4.78, 5) is 42.4. The Bertz CT molecular complexity index is 996. The van der Waals surface area contributed by atoms with Crippen LogP contribution in [0, 0.1) is 0 Å². The predicted molar refractivity (Wildman–Crippen MR) is 132 cm³/mol. The number of alkyl carbamates (subject to hydrolysis) is 1. The number of carbonyl (C=O) groups excluding carboxylic acids is 3. The second kappa shape index (κ2) is 13.6. The van der Waals surface area contributed by atoms with Crippen LogP contribution in [0.25, 0.3) is 0 Å². The molecule has 35 heavy (non-hydrogen) atoms. The SMILES string of the molecule is COC(=O)[C@H](C)NC(=O)[C@](CCCN=C(N)N)(Cc1ccccc1)NC(=O)OCc1ccccc1. The molecule has 10 heteroatoms. The molecule has 0 aliphatic rings. The monoisotopic (exact) mass is 483 g/mol. The van der Waals surface area contributed by atoms with Gasteiger partial charge in [0.2, 0.25) is 5.91 Å². The molecule has 0 unspecified atom stereocenters. The molecular formula is C25H33N5O5. The summed E-state index contributed by atoms with van der Waals surface area (Å²) in [5, 5.41) is 5.41. The summed E-state index contributed by atoms with van der Waals surface area (Å²) in [5.74, 6) is -1.24. The molecule has 0 saturated carbocycles. The van der Waals surface area contributed by atoms with Crippen LogP contribution >= 0.6 is 0 Å². The number of hydrogen-bond donors (Lipinski definition) is 4.